The number of fused-ring (bicyclic) bond motifs is 1. The van der Waals surface area contributed by atoms with Crippen LogP contribution in [0.3, 0.4) is 0 Å². The molecule has 1 aromatic heterocycles. The highest BCUT2D eigenvalue weighted by molar-refractivity contribution is 5.74. The average Bonchev–Trinajstić information content (AvgIpc) is 2.64. The predicted molar refractivity (Wildman–Crippen MR) is 66.0 cm³/mol. The molecule has 0 amide bonds. The van der Waals surface area contributed by atoms with Crippen LogP contribution >= 0.6 is 0 Å². The number of hydrogen-bond acceptors (Lipinski definition) is 1. The van der Waals surface area contributed by atoms with E-state index in [2.05, 4.69) is 27.7 Å². The lowest BCUT2D eigenvalue weighted by Gasteiger charge is -2.57. The fraction of sp³-hybridized carbons (Fsp3) is 0.600. The standard InChI is InChI=1S/C15H20O/c1-9-5-11-6-13(15(11,3)4)14(9)12-8-16-7-10(12)2/h7-8,11,13H,5-6H2,1-4H3/t11-,13-/m1/s1. The molecule has 0 aliphatic heterocycles. The molecular weight excluding hydrogens is 196 g/mol. The summed E-state index contributed by atoms with van der Waals surface area (Å²) in [6.45, 7) is 9.30. The molecule has 0 saturated heterocycles. The van der Waals surface area contributed by atoms with Crippen LogP contribution in [-0.2, 0) is 0 Å². The summed E-state index contributed by atoms with van der Waals surface area (Å²) in [7, 11) is 0. The highest BCUT2D eigenvalue weighted by Gasteiger charge is 2.53. The summed E-state index contributed by atoms with van der Waals surface area (Å²) in [6.07, 6.45) is 6.46. The minimum absolute atomic E-state index is 0.499. The molecule has 3 aliphatic rings. The molecule has 0 spiro atoms. The lowest BCUT2D eigenvalue weighted by Crippen LogP contribution is -2.48. The van der Waals surface area contributed by atoms with E-state index in [9.17, 15) is 0 Å². The number of hydrogen-bond donors (Lipinski definition) is 0. The Balaban J connectivity index is 2.10. The highest BCUT2D eigenvalue weighted by Crippen LogP contribution is 2.63. The van der Waals surface area contributed by atoms with Crippen molar-refractivity contribution < 1.29 is 4.42 Å². The third kappa shape index (κ3) is 1.12. The van der Waals surface area contributed by atoms with Crippen LogP contribution in [0.15, 0.2) is 22.5 Å². The van der Waals surface area contributed by atoms with Crippen molar-refractivity contribution in [2.24, 2.45) is 17.3 Å². The van der Waals surface area contributed by atoms with E-state index in [0.717, 1.165) is 11.8 Å². The fourth-order valence-corrected chi connectivity index (χ4v) is 3.68. The highest BCUT2D eigenvalue weighted by atomic mass is 16.3. The number of furan rings is 1. The average molecular weight is 216 g/mol. The zero-order valence-corrected chi connectivity index (χ0v) is 10.6. The molecule has 1 heteroatoms. The molecule has 0 aromatic carbocycles. The van der Waals surface area contributed by atoms with Crippen molar-refractivity contribution in [2.45, 2.75) is 40.5 Å². The van der Waals surface area contributed by atoms with Crippen LogP contribution in [0, 0.1) is 24.2 Å². The van der Waals surface area contributed by atoms with Crippen molar-refractivity contribution >= 4 is 5.57 Å². The molecule has 1 fully saturated rings. The van der Waals surface area contributed by atoms with Gasteiger partial charge in [0, 0.05) is 5.56 Å². The topological polar surface area (TPSA) is 13.1 Å². The summed E-state index contributed by atoms with van der Waals surface area (Å²) in [5.74, 6) is 1.66. The Morgan fingerprint density at radius 1 is 1.25 bits per heavy atom. The monoisotopic (exact) mass is 216 g/mol. The van der Waals surface area contributed by atoms with Crippen LogP contribution in [-0.4, -0.2) is 0 Å². The van der Waals surface area contributed by atoms with Crippen molar-refractivity contribution in [3.63, 3.8) is 0 Å². The van der Waals surface area contributed by atoms with Crippen molar-refractivity contribution in [1.82, 2.24) is 0 Å². The molecule has 2 atom stereocenters. The van der Waals surface area contributed by atoms with Gasteiger partial charge < -0.3 is 4.42 Å². The van der Waals surface area contributed by atoms with E-state index < -0.39 is 0 Å². The largest absolute Gasteiger partial charge is 0.472 e. The van der Waals surface area contributed by atoms with Gasteiger partial charge in [0.25, 0.3) is 0 Å². The van der Waals surface area contributed by atoms with Gasteiger partial charge in [-0.15, -0.1) is 0 Å². The zero-order valence-electron chi connectivity index (χ0n) is 10.6. The first kappa shape index (κ1) is 10.2. The van der Waals surface area contributed by atoms with Gasteiger partial charge in [-0.2, -0.15) is 0 Å². The molecule has 3 aliphatic carbocycles. The molecule has 0 N–H and O–H groups in total. The van der Waals surface area contributed by atoms with E-state index in [1.807, 2.05) is 12.5 Å². The molecular formula is C15H20O. The lowest BCUT2D eigenvalue weighted by molar-refractivity contribution is 0.00764. The summed E-state index contributed by atoms with van der Waals surface area (Å²) < 4.78 is 5.35. The van der Waals surface area contributed by atoms with Crippen LogP contribution in [0.1, 0.15) is 44.7 Å². The summed E-state index contributed by atoms with van der Waals surface area (Å²) in [4.78, 5) is 0. The molecule has 1 heterocycles. The quantitative estimate of drug-likeness (QED) is 0.677. The number of rotatable bonds is 1. The molecule has 16 heavy (non-hydrogen) atoms. The maximum absolute atomic E-state index is 5.35. The molecule has 1 aromatic rings. The van der Waals surface area contributed by atoms with Crippen LogP contribution < -0.4 is 0 Å². The number of allylic oxidation sites excluding steroid dienone is 2. The van der Waals surface area contributed by atoms with Gasteiger partial charge in [0.15, 0.2) is 0 Å². The maximum Gasteiger partial charge on any atom is 0.0980 e. The predicted octanol–water partition coefficient (Wildman–Crippen LogP) is 4.43. The smallest absolute Gasteiger partial charge is 0.0980 e. The van der Waals surface area contributed by atoms with Gasteiger partial charge in [0.2, 0.25) is 0 Å². The number of aryl methyl sites for hydroxylation is 1. The second-order valence-corrected chi connectivity index (χ2v) is 6.17. The third-order valence-electron chi connectivity index (χ3n) is 4.98. The van der Waals surface area contributed by atoms with Crippen LogP contribution in [0.2, 0.25) is 0 Å². The molecule has 1 saturated carbocycles. The molecule has 1 nitrogen and oxygen atoms in total. The molecule has 0 radical (unpaired) electrons. The maximum atomic E-state index is 5.35. The van der Waals surface area contributed by atoms with Gasteiger partial charge in [0.1, 0.15) is 0 Å². The van der Waals surface area contributed by atoms with Crippen molar-refractivity contribution in [1.29, 1.82) is 0 Å². The minimum atomic E-state index is 0.499. The van der Waals surface area contributed by atoms with Crippen LogP contribution in [0.5, 0.6) is 0 Å². The van der Waals surface area contributed by atoms with Gasteiger partial charge in [0.05, 0.1) is 12.5 Å². The zero-order chi connectivity index (χ0) is 11.5. The van der Waals surface area contributed by atoms with Crippen molar-refractivity contribution in [3.8, 4) is 0 Å². The SMILES string of the molecule is CC1=C(c2cocc2C)[C@H]2C[C@@H](C1)C2(C)C. The first-order chi connectivity index (χ1) is 7.51. The van der Waals surface area contributed by atoms with E-state index in [4.69, 9.17) is 4.42 Å². The van der Waals surface area contributed by atoms with Gasteiger partial charge in [-0.1, -0.05) is 19.4 Å². The summed E-state index contributed by atoms with van der Waals surface area (Å²) >= 11 is 0. The Hall–Kier alpha value is -0.980. The molecule has 86 valence electrons. The van der Waals surface area contributed by atoms with Crippen LogP contribution in [0.4, 0.5) is 0 Å². The van der Waals surface area contributed by atoms with Gasteiger partial charge in [-0.05, 0) is 55.1 Å². The molecule has 2 bridgehead atoms. The second-order valence-electron chi connectivity index (χ2n) is 6.17. The van der Waals surface area contributed by atoms with E-state index in [1.54, 1.807) is 11.1 Å². The van der Waals surface area contributed by atoms with Gasteiger partial charge >= 0.3 is 0 Å². The van der Waals surface area contributed by atoms with E-state index in [-0.39, 0.29) is 0 Å². The van der Waals surface area contributed by atoms with Crippen molar-refractivity contribution in [3.05, 3.63) is 29.2 Å². The molecule has 4 rings (SSSR count). The Morgan fingerprint density at radius 3 is 2.56 bits per heavy atom. The lowest BCUT2D eigenvalue weighted by atomic mass is 9.47. The summed E-state index contributed by atoms with van der Waals surface area (Å²) in [5.41, 5.74) is 6.31. The van der Waals surface area contributed by atoms with Crippen LogP contribution in [0.25, 0.3) is 5.57 Å². The Kier molecular flexibility index (Phi) is 1.93. The second kappa shape index (κ2) is 3.03. The normalized spacial score (nSPS) is 31.5. The first-order valence-electron chi connectivity index (χ1n) is 6.24. The Bertz CT molecular complexity index is 462. The Labute approximate surface area is 97.5 Å². The van der Waals surface area contributed by atoms with E-state index >= 15 is 0 Å². The van der Waals surface area contributed by atoms with Gasteiger partial charge in [-0.25, -0.2) is 0 Å². The van der Waals surface area contributed by atoms with E-state index in [1.165, 1.54) is 24.0 Å². The van der Waals surface area contributed by atoms with E-state index in [0.29, 0.717) is 5.41 Å². The first-order valence-corrected chi connectivity index (χ1v) is 6.24. The summed E-state index contributed by atoms with van der Waals surface area (Å²) in [5, 5.41) is 0. The fourth-order valence-electron chi connectivity index (χ4n) is 3.68. The summed E-state index contributed by atoms with van der Waals surface area (Å²) in [6, 6.07) is 0. The Morgan fingerprint density at radius 2 is 2.00 bits per heavy atom. The van der Waals surface area contributed by atoms with Crippen molar-refractivity contribution in [2.75, 3.05) is 0 Å². The van der Waals surface area contributed by atoms with Gasteiger partial charge in [-0.3, -0.25) is 0 Å². The molecule has 0 unspecified atom stereocenters. The third-order valence-corrected chi connectivity index (χ3v) is 4.98. The minimum Gasteiger partial charge on any atom is -0.472 e.